The van der Waals surface area contributed by atoms with E-state index in [1.807, 2.05) is 0 Å². The van der Waals surface area contributed by atoms with Gasteiger partial charge in [-0.1, -0.05) is 0 Å². The standard InChI is InChI=1S/C4H4F2O3/c1-2(7)4(5,6)3(8)9/h1H3,(H,8,9). The number of carbonyl (C=O) groups is 2. The number of carbonyl (C=O) groups excluding carboxylic acids is 1. The van der Waals surface area contributed by atoms with E-state index in [0.29, 0.717) is 6.92 Å². The Labute approximate surface area is 49.3 Å². The lowest BCUT2D eigenvalue weighted by Crippen LogP contribution is -2.35. The minimum Gasteiger partial charge on any atom is -0.476 e. The Kier molecular flexibility index (Phi) is 1.85. The molecule has 0 aromatic heterocycles. The summed E-state index contributed by atoms with van der Waals surface area (Å²) in [5.41, 5.74) is 0. The minimum atomic E-state index is -4.22. The van der Waals surface area contributed by atoms with Crippen LogP contribution in [-0.2, 0) is 9.59 Å². The summed E-state index contributed by atoms with van der Waals surface area (Å²) in [4.78, 5) is 19.3. The molecular weight excluding hydrogens is 134 g/mol. The molecule has 0 aliphatic heterocycles. The summed E-state index contributed by atoms with van der Waals surface area (Å²) < 4.78 is 23.4. The average Bonchev–Trinajstić information content (AvgIpc) is 1.65. The molecule has 0 aliphatic carbocycles. The van der Waals surface area contributed by atoms with Crippen LogP contribution in [0.1, 0.15) is 6.92 Å². The third kappa shape index (κ3) is 1.45. The van der Waals surface area contributed by atoms with E-state index >= 15 is 0 Å². The summed E-state index contributed by atoms with van der Waals surface area (Å²) in [5, 5.41) is 7.64. The van der Waals surface area contributed by atoms with Crippen LogP contribution in [0.5, 0.6) is 0 Å². The number of halogens is 2. The predicted molar refractivity (Wildman–Crippen MR) is 23.3 cm³/mol. The lowest BCUT2D eigenvalue weighted by Gasteiger charge is -2.03. The lowest BCUT2D eigenvalue weighted by molar-refractivity contribution is -0.170. The van der Waals surface area contributed by atoms with Crippen molar-refractivity contribution in [2.24, 2.45) is 0 Å². The molecule has 5 heteroatoms. The first-order valence-corrected chi connectivity index (χ1v) is 2.01. The van der Waals surface area contributed by atoms with Crippen molar-refractivity contribution in [2.45, 2.75) is 12.8 Å². The molecule has 0 saturated carbocycles. The van der Waals surface area contributed by atoms with E-state index in [9.17, 15) is 18.4 Å². The largest absolute Gasteiger partial charge is 0.476 e. The second-order valence-electron chi connectivity index (χ2n) is 1.44. The molecule has 52 valence electrons. The topological polar surface area (TPSA) is 54.4 Å². The highest BCUT2D eigenvalue weighted by molar-refractivity contribution is 6.03. The summed E-state index contributed by atoms with van der Waals surface area (Å²) in [7, 11) is 0. The molecule has 0 aliphatic rings. The molecule has 0 aromatic rings. The third-order valence-corrected chi connectivity index (χ3v) is 0.711. The predicted octanol–water partition coefficient (Wildman–Crippen LogP) is 0.295. The molecular formula is C4H4F2O3. The zero-order chi connectivity index (χ0) is 7.65. The van der Waals surface area contributed by atoms with E-state index in [2.05, 4.69) is 0 Å². The van der Waals surface area contributed by atoms with Gasteiger partial charge in [-0.25, -0.2) is 4.79 Å². The highest BCUT2D eigenvalue weighted by atomic mass is 19.3. The number of alkyl halides is 2. The highest BCUT2D eigenvalue weighted by Gasteiger charge is 2.44. The van der Waals surface area contributed by atoms with Crippen molar-refractivity contribution in [1.29, 1.82) is 0 Å². The Morgan fingerprint density at radius 1 is 1.44 bits per heavy atom. The van der Waals surface area contributed by atoms with E-state index in [-0.39, 0.29) is 0 Å². The quantitative estimate of drug-likeness (QED) is 0.558. The average molecular weight is 138 g/mol. The van der Waals surface area contributed by atoms with Gasteiger partial charge in [0.2, 0.25) is 5.78 Å². The fourth-order valence-electron chi connectivity index (χ4n) is 0.151. The zero-order valence-corrected chi connectivity index (χ0v) is 4.52. The van der Waals surface area contributed by atoms with Crippen LogP contribution in [0.15, 0.2) is 0 Å². The number of rotatable bonds is 2. The maximum absolute atomic E-state index is 11.7. The van der Waals surface area contributed by atoms with Crippen molar-refractivity contribution in [3.63, 3.8) is 0 Å². The molecule has 0 fully saturated rings. The van der Waals surface area contributed by atoms with Gasteiger partial charge in [-0.2, -0.15) is 8.78 Å². The first-order chi connectivity index (χ1) is 3.89. The van der Waals surface area contributed by atoms with Gasteiger partial charge in [0.15, 0.2) is 0 Å². The van der Waals surface area contributed by atoms with Crippen LogP contribution in [0.2, 0.25) is 0 Å². The van der Waals surface area contributed by atoms with Gasteiger partial charge in [-0.15, -0.1) is 0 Å². The molecule has 0 radical (unpaired) electrons. The smallest absolute Gasteiger partial charge is 0.399 e. The SMILES string of the molecule is CC(=O)C(F)(F)C(=O)O. The van der Waals surface area contributed by atoms with E-state index < -0.39 is 17.7 Å². The van der Waals surface area contributed by atoms with Gasteiger partial charge >= 0.3 is 11.9 Å². The van der Waals surface area contributed by atoms with Gasteiger partial charge in [0.25, 0.3) is 0 Å². The van der Waals surface area contributed by atoms with Crippen molar-refractivity contribution >= 4 is 11.8 Å². The van der Waals surface area contributed by atoms with Crippen molar-refractivity contribution in [2.75, 3.05) is 0 Å². The van der Waals surface area contributed by atoms with Gasteiger partial charge in [-0.05, 0) is 0 Å². The monoisotopic (exact) mass is 138 g/mol. The van der Waals surface area contributed by atoms with Gasteiger partial charge in [0.05, 0.1) is 0 Å². The van der Waals surface area contributed by atoms with E-state index in [1.165, 1.54) is 0 Å². The molecule has 0 saturated heterocycles. The van der Waals surface area contributed by atoms with E-state index in [0.717, 1.165) is 0 Å². The van der Waals surface area contributed by atoms with Crippen LogP contribution in [0, 0.1) is 0 Å². The maximum Gasteiger partial charge on any atom is 0.399 e. The Hall–Kier alpha value is -1.00. The maximum atomic E-state index is 11.7. The first-order valence-electron chi connectivity index (χ1n) is 2.01. The number of aliphatic carboxylic acids is 1. The first kappa shape index (κ1) is 8.00. The van der Waals surface area contributed by atoms with Gasteiger partial charge < -0.3 is 5.11 Å². The van der Waals surface area contributed by atoms with Crippen molar-refractivity contribution in [3.8, 4) is 0 Å². The van der Waals surface area contributed by atoms with Crippen LogP contribution in [0.4, 0.5) is 8.78 Å². The lowest BCUT2D eigenvalue weighted by atomic mass is 10.2. The third-order valence-electron chi connectivity index (χ3n) is 0.711. The van der Waals surface area contributed by atoms with Crippen LogP contribution in [0.25, 0.3) is 0 Å². The van der Waals surface area contributed by atoms with Gasteiger partial charge in [0.1, 0.15) is 0 Å². The van der Waals surface area contributed by atoms with Crippen LogP contribution < -0.4 is 0 Å². The summed E-state index contributed by atoms with van der Waals surface area (Å²) in [6.07, 6.45) is 0. The van der Waals surface area contributed by atoms with Crippen LogP contribution >= 0.6 is 0 Å². The molecule has 0 heterocycles. The molecule has 0 rings (SSSR count). The van der Waals surface area contributed by atoms with Gasteiger partial charge in [-0.3, -0.25) is 4.79 Å². The fraction of sp³-hybridized carbons (Fsp3) is 0.500. The number of carboxylic acid groups (broad SMARTS) is 1. The van der Waals surface area contributed by atoms with Crippen LogP contribution in [-0.4, -0.2) is 22.8 Å². The Balaban J connectivity index is 4.38. The summed E-state index contributed by atoms with van der Waals surface area (Å²) in [5.74, 6) is -8.29. The Morgan fingerprint density at radius 2 is 1.78 bits per heavy atom. The highest BCUT2D eigenvalue weighted by Crippen LogP contribution is 2.13. The van der Waals surface area contributed by atoms with Crippen molar-refractivity contribution < 1.29 is 23.5 Å². The molecule has 9 heavy (non-hydrogen) atoms. The van der Waals surface area contributed by atoms with E-state index in [4.69, 9.17) is 5.11 Å². The molecule has 0 aromatic carbocycles. The normalized spacial score (nSPS) is 11.0. The number of hydrogen-bond acceptors (Lipinski definition) is 2. The number of ketones is 1. The second-order valence-corrected chi connectivity index (χ2v) is 1.44. The molecule has 0 bridgehead atoms. The number of hydrogen-bond donors (Lipinski definition) is 1. The summed E-state index contributed by atoms with van der Waals surface area (Å²) in [6, 6.07) is 0. The molecule has 0 unspecified atom stereocenters. The molecule has 0 atom stereocenters. The zero-order valence-electron chi connectivity index (χ0n) is 4.52. The summed E-state index contributed by atoms with van der Waals surface area (Å²) in [6.45, 7) is 0.522. The summed E-state index contributed by atoms with van der Waals surface area (Å²) >= 11 is 0. The minimum absolute atomic E-state index is 0.522. The number of Topliss-reactive ketones (excluding diaryl/α,β-unsaturated/α-hetero) is 1. The van der Waals surface area contributed by atoms with Gasteiger partial charge in [0, 0.05) is 6.92 Å². The van der Waals surface area contributed by atoms with E-state index in [1.54, 1.807) is 0 Å². The fourth-order valence-corrected chi connectivity index (χ4v) is 0.151. The Bertz CT molecular complexity index is 136. The molecule has 3 nitrogen and oxygen atoms in total. The molecule has 0 spiro atoms. The second kappa shape index (κ2) is 2.08. The Morgan fingerprint density at radius 3 is 1.78 bits per heavy atom. The van der Waals surface area contributed by atoms with Crippen molar-refractivity contribution in [1.82, 2.24) is 0 Å². The molecule has 1 N–H and O–H groups in total. The molecule has 0 amide bonds. The van der Waals surface area contributed by atoms with Crippen LogP contribution in [0.3, 0.4) is 0 Å². The van der Waals surface area contributed by atoms with Crippen molar-refractivity contribution in [3.05, 3.63) is 0 Å². The number of carboxylic acids is 1.